The largest absolute Gasteiger partial charge is 0.535 e. The van der Waals surface area contributed by atoms with Crippen molar-refractivity contribution in [2.24, 2.45) is 4.66 Å². The summed E-state index contributed by atoms with van der Waals surface area (Å²) >= 11 is 0. The van der Waals surface area contributed by atoms with Gasteiger partial charge in [0.15, 0.2) is 14.1 Å². The lowest BCUT2D eigenvalue weighted by atomic mass is 10.2. The average Bonchev–Trinajstić information content (AvgIpc) is 1.75. The van der Waals surface area contributed by atoms with E-state index in [2.05, 4.69) is 53.5 Å². The minimum absolute atomic E-state index is 0.289. The van der Waals surface area contributed by atoms with E-state index in [0.717, 1.165) is 5.90 Å². The van der Waals surface area contributed by atoms with Gasteiger partial charge in [0, 0.05) is 6.92 Å². The molecule has 0 aliphatic rings. The molecule has 0 bridgehead atoms. The Hall–Kier alpha value is -0.0962. The van der Waals surface area contributed by atoms with Crippen molar-refractivity contribution in [1.29, 1.82) is 0 Å². The minimum Gasteiger partial charge on any atom is -0.535 e. The standard InChI is InChI=1S/C11H27NOSi2/c1-10(13-14(5,6)7)12-15(8,9)11(2,3)4/h1-9H3. The molecule has 0 fully saturated rings. The summed E-state index contributed by atoms with van der Waals surface area (Å²) in [6, 6.07) is 0. The normalized spacial score (nSPS) is 15.4. The molecule has 2 nitrogen and oxygen atoms in total. The molecular weight excluding hydrogens is 218 g/mol. The highest BCUT2D eigenvalue weighted by atomic mass is 28.4. The predicted molar refractivity (Wildman–Crippen MR) is 74.7 cm³/mol. The molecule has 0 aliphatic carbocycles. The van der Waals surface area contributed by atoms with E-state index in [4.69, 9.17) is 9.08 Å². The van der Waals surface area contributed by atoms with Gasteiger partial charge in [-0.2, -0.15) is 0 Å². The second-order valence-corrected chi connectivity index (χ2v) is 15.9. The Balaban J connectivity index is 4.76. The van der Waals surface area contributed by atoms with Crippen molar-refractivity contribution in [3.05, 3.63) is 0 Å². The van der Waals surface area contributed by atoms with E-state index in [0.29, 0.717) is 0 Å². The molecule has 0 saturated carbocycles. The molecule has 0 aliphatic heterocycles. The van der Waals surface area contributed by atoms with Crippen LogP contribution < -0.4 is 0 Å². The zero-order chi connectivity index (χ0) is 12.5. The molecule has 0 amide bonds. The zero-order valence-corrected chi connectivity index (χ0v) is 13.9. The third-order valence-corrected chi connectivity index (χ3v) is 8.18. The molecule has 0 spiro atoms. The first-order valence-electron chi connectivity index (χ1n) is 5.61. The monoisotopic (exact) mass is 245 g/mol. The highest BCUT2D eigenvalue weighted by Crippen LogP contribution is 2.36. The van der Waals surface area contributed by atoms with Gasteiger partial charge >= 0.3 is 0 Å². The van der Waals surface area contributed by atoms with Crippen molar-refractivity contribution in [3.8, 4) is 0 Å². The summed E-state index contributed by atoms with van der Waals surface area (Å²) in [6.45, 7) is 20.0. The van der Waals surface area contributed by atoms with Crippen LogP contribution >= 0.6 is 0 Å². The summed E-state index contributed by atoms with van der Waals surface area (Å²) in [4.78, 5) is 0. The molecule has 0 aromatic heterocycles. The third-order valence-electron chi connectivity index (χ3n) is 2.73. The van der Waals surface area contributed by atoms with Crippen LogP contribution in [0.4, 0.5) is 0 Å². The van der Waals surface area contributed by atoms with Crippen molar-refractivity contribution in [2.75, 3.05) is 0 Å². The molecule has 0 radical (unpaired) electrons. The maximum atomic E-state index is 5.89. The number of rotatable bonds is 2. The number of nitrogens with zero attached hydrogens (tertiary/aromatic N) is 1. The summed E-state index contributed by atoms with van der Waals surface area (Å²) in [6.07, 6.45) is 0. The summed E-state index contributed by atoms with van der Waals surface area (Å²) in [7, 11) is -3.07. The van der Waals surface area contributed by atoms with Crippen LogP contribution in [0.5, 0.6) is 0 Å². The third kappa shape index (κ3) is 5.51. The Kier molecular flexibility index (Phi) is 4.38. The first-order valence-corrected chi connectivity index (χ1v) is 12.0. The Morgan fingerprint density at radius 3 is 1.67 bits per heavy atom. The minimum atomic E-state index is -1.58. The smallest absolute Gasteiger partial charge is 0.243 e. The fraction of sp³-hybridized carbons (Fsp3) is 0.909. The molecule has 15 heavy (non-hydrogen) atoms. The lowest BCUT2D eigenvalue weighted by Gasteiger charge is -2.33. The summed E-state index contributed by atoms with van der Waals surface area (Å²) in [5.41, 5.74) is 0. The van der Waals surface area contributed by atoms with Crippen LogP contribution in [0.2, 0.25) is 37.8 Å². The highest BCUT2D eigenvalue weighted by Gasteiger charge is 2.36. The Morgan fingerprint density at radius 2 is 1.40 bits per heavy atom. The summed E-state index contributed by atoms with van der Waals surface area (Å²) < 4.78 is 10.7. The van der Waals surface area contributed by atoms with Gasteiger partial charge in [0.1, 0.15) is 0 Å². The molecule has 4 heteroatoms. The second kappa shape index (κ2) is 4.41. The predicted octanol–water partition coefficient (Wildman–Crippen LogP) is 4.26. The fourth-order valence-electron chi connectivity index (χ4n) is 1.03. The maximum Gasteiger partial charge on any atom is 0.243 e. The van der Waals surface area contributed by atoms with E-state index < -0.39 is 16.6 Å². The molecule has 0 heterocycles. The highest BCUT2D eigenvalue weighted by molar-refractivity contribution is 6.79. The molecule has 0 saturated heterocycles. The first kappa shape index (κ1) is 14.9. The quantitative estimate of drug-likeness (QED) is 0.405. The van der Waals surface area contributed by atoms with Crippen LogP contribution in [-0.4, -0.2) is 22.5 Å². The van der Waals surface area contributed by atoms with E-state index >= 15 is 0 Å². The van der Waals surface area contributed by atoms with Crippen molar-refractivity contribution < 1.29 is 4.43 Å². The van der Waals surface area contributed by atoms with Gasteiger partial charge < -0.3 is 4.43 Å². The number of hydrogen-bond donors (Lipinski definition) is 0. The van der Waals surface area contributed by atoms with Gasteiger partial charge in [-0.25, -0.2) is 0 Å². The summed E-state index contributed by atoms with van der Waals surface area (Å²) in [5, 5.41) is 0.289. The van der Waals surface area contributed by atoms with Gasteiger partial charge in [-0.05, 0) is 37.8 Å². The van der Waals surface area contributed by atoms with Crippen LogP contribution in [-0.2, 0) is 4.43 Å². The van der Waals surface area contributed by atoms with Crippen molar-refractivity contribution in [3.63, 3.8) is 0 Å². The van der Waals surface area contributed by atoms with Crippen molar-refractivity contribution in [2.45, 2.75) is 65.5 Å². The van der Waals surface area contributed by atoms with Gasteiger partial charge in [-0.15, -0.1) is 0 Å². The molecule has 0 rings (SSSR count). The van der Waals surface area contributed by atoms with Crippen LogP contribution in [0, 0.1) is 0 Å². The SMILES string of the molecule is CC(=N[Si](C)(C)C(C)(C)C)O[Si](C)(C)C. The average molecular weight is 246 g/mol. The maximum absolute atomic E-state index is 5.89. The van der Waals surface area contributed by atoms with Crippen LogP contribution in [0.15, 0.2) is 4.66 Å². The van der Waals surface area contributed by atoms with Gasteiger partial charge in [-0.1, -0.05) is 20.8 Å². The Morgan fingerprint density at radius 1 is 1.00 bits per heavy atom. The van der Waals surface area contributed by atoms with E-state index in [1.54, 1.807) is 0 Å². The van der Waals surface area contributed by atoms with Crippen molar-refractivity contribution in [1.82, 2.24) is 0 Å². The van der Waals surface area contributed by atoms with Crippen molar-refractivity contribution >= 4 is 22.5 Å². The Bertz CT molecular complexity index is 246. The fourth-order valence-corrected chi connectivity index (χ4v) is 3.22. The molecule has 0 aromatic carbocycles. The van der Waals surface area contributed by atoms with E-state index in [-0.39, 0.29) is 5.04 Å². The molecular formula is C11H27NOSi2. The molecule has 0 unspecified atom stereocenters. The lowest BCUT2D eigenvalue weighted by molar-refractivity contribution is 0.547. The van der Waals surface area contributed by atoms with Gasteiger partial charge in [-0.3, -0.25) is 4.66 Å². The van der Waals surface area contributed by atoms with E-state index in [1.807, 2.05) is 6.92 Å². The van der Waals surface area contributed by atoms with Crippen LogP contribution in [0.3, 0.4) is 0 Å². The zero-order valence-electron chi connectivity index (χ0n) is 11.9. The topological polar surface area (TPSA) is 21.6 Å². The summed E-state index contributed by atoms with van der Waals surface area (Å²) in [5.74, 6) is 0.890. The van der Waals surface area contributed by atoms with Crippen LogP contribution in [0.25, 0.3) is 0 Å². The first-order chi connectivity index (χ1) is 6.35. The van der Waals surface area contributed by atoms with E-state index in [1.165, 1.54) is 0 Å². The number of hydrogen-bond acceptors (Lipinski definition) is 2. The molecule has 0 atom stereocenters. The van der Waals surface area contributed by atoms with Gasteiger partial charge in [0.25, 0.3) is 0 Å². The lowest BCUT2D eigenvalue weighted by Crippen LogP contribution is -2.38. The van der Waals surface area contributed by atoms with Crippen LogP contribution in [0.1, 0.15) is 27.7 Å². The van der Waals surface area contributed by atoms with E-state index in [9.17, 15) is 0 Å². The second-order valence-electron chi connectivity index (χ2n) is 6.65. The van der Waals surface area contributed by atoms with Gasteiger partial charge in [0.05, 0.1) is 0 Å². The molecule has 0 aromatic rings. The van der Waals surface area contributed by atoms with Gasteiger partial charge in [0.2, 0.25) is 8.32 Å². The Labute approximate surface area is 97.4 Å². The molecule has 0 N–H and O–H groups in total. The molecule has 90 valence electrons.